The molecule has 0 fully saturated rings. The summed E-state index contributed by atoms with van der Waals surface area (Å²) < 4.78 is 0.591. The van der Waals surface area contributed by atoms with Crippen LogP contribution in [-0.4, -0.2) is 15.0 Å². The third kappa shape index (κ3) is 2.46. The minimum atomic E-state index is -0.141. The van der Waals surface area contributed by atoms with Crippen molar-refractivity contribution >= 4 is 54.7 Å². The largest absolute Gasteiger partial charge is 0.312 e. The molecule has 0 unspecified atom stereocenters. The molecule has 0 aliphatic rings. The Morgan fingerprint density at radius 1 is 1.12 bits per heavy atom. The molecule has 0 spiro atoms. The Morgan fingerprint density at radius 3 is 2.73 bits per heavy atom. The highest BCUT2D eigenvalue weighted by atomic mass is 35.5. The topological polar surface area (TPSA) is 58.6 Å². The predicted octanol–water partition coefficient (Wildman–Crippen LogP) is 5.58. The van der Waals surface area contributed by atoms with E-state index in [4.69, 9.17) is 16.6 Å². The second-order valence-electron chi connectivity index (χ2n) is 5.73. The minimum absolute atomic E-state index is 0.141. The number of rotatable bonds is 2. The smallest absolute Gasteiger partial charge is 0.268 e. The van der Waals surface area contributed by atoms with E-state index >= 15 is 0 Å². The second-order valence-corrected chi connectivity index (χ2v) is 8.11. The maximum absolute atomic E-state index is 12.2. The molecule has 1 N–H and O–H groups in total. The fourth-order valence-corrected chi connectivity index (χ4v) is 4.85. The standard InChI is InChI=1S/C19H10ClN3OS2/c20-11-5-3-10(4-6-11)12-8-13(14-2-1-7-25-14)23-19-15(12)16-17(26-19)18(24)22-9-21-16/h1-9H,(H,21,22,24). The van der Waals surface area contributed by atoms with Crippen molar-refractivity contribution in [1.82, 2.24) is 15.0 Å². The maximum atomic E-state index is 12.2. The van der Waals surface area contributed by atoms with Gasteiger partial charge in [-0.15, -0.1) is 22.7 Å². The zero-order chi connectivity index (χ0) is 17.7. The molecule has 4 aromatic heterocycles. The molecule has 7 heteroatoms. The Morgan fingerprint density at radius 2 is 1.96 bits per heavy atom. The summed E-state index contributed by atoms with van der Waals surface area (Å²) in [5.74, 6) is 0. The SMILES string of the molecule is O=c1[nH]cnc2c1sc1nc(-c3cccs3)cc(-c3ccc(Cl)cc3)c12. The molecule has 5 rings (SSSR count). The summed E-state index contributed by atoms with van der Waals surface area (Å²) in [6.45, 7) is 0. The first-order valence-corrected chi connectivity index (χ1v) is 9.89. The third-order valence-corrected chi connectivity index (χ3v) is 6.38. The van der Waals surface area contributed by atoms with Crippen LogP contribution >= 0.6 is 34.3 Å². The Kier molecular flexibility index (Phi) is 3.63. The molecule has 0 aliphatic carbocycles. The van der Waals surface area contributed by atoms with E-state index in [1.807, 2.05) is 41.8 Å². The van der Waals surface area contributed by atoms with E-state index in [0.29, 0.717) is 15.2 Å². The van der Waals surface area contributed by atoms with Crippen LogP contribution in [0.2, 0.25) is 5.02 Å². The first kappa shape index (κ1) is 15.7. The van der Waals surface area contributed by atoms with Crippen LogP contribution in [0.25, 0.3) is 42.1 Å². The number of fused-ring (bicyclic) bond motifs is 3. The van der Waals surface area contributed by atoms with Gasteiger partial charge in [0.1, 0.15) is 9.53 Å². The number of aromatic nitrogens is 3. The van der Waals surface area contributed by atoms with Crippen LogP contribution in [0.3, 0.4) is 0 Å². The second kappa shape index (κ2) is 6.02. The Balaban J connectivity index is 1.93. The fourth-order valence-electron chi connectivity index (χ4n) is 2.99. The predicted molar refractivity (Wildman–Crippen MR) is 109 cm³/mol. The number of pyridine rings is 1. The molecule has 4 nitrogen and oxygen atoms in total. The van der Waals surface area contributed by atoms with Crippen molar-refractivity contribution in [1.29, 1.82) is 0 Å². The summed E-state index contributed by atoms with van der Waals surface area (Å²) in [5.41, 5.74) is 3.45. The van der Waals surface area contributed by atoms with Crippen LogP contribution in [0.4, 0.5) is 0 Å². The van der Waals surface area contributed by atoms with Crippen molar-refractivity contribution in [2.45, 2.75) is 0 Å². The quantitative estimate of drug-likeness (QED) is 0.424. The molecule has 0 saturated heterocycles. The van der Waals surface area contributed by atoms with Gasteiger partial charge in [0.05, 0.1) is 22.4 Å². The van der Waals surface area contributed by atoms with Crippen LogP contribution in [0.15, 0.2) is 59.0 Å². The molecular formula is C19H10ClN3OS2. The van der Waals surface area contributed by atoms with E-state index in [2.05, 4.69) is 16.0 Å². The molecule has 26 heavy (non-hydrogen) atoms. The normalized spacial score (nSPS) is 11.4. The van der Waals surface area contributed by atoms with Gasteiger partial charge in [-0.05, 0) is 40.8 Å². The first-order valence-electron chi connectivity index (χ1n) is 7.81. The first-order chi connectivity index (χ1) is 12.7. The van der Waals surface area contributed by atoms with Crippen LogP contribution in [0, 0.1) is 0 Å². The average Bonchev–Trinajstić information content (AvgIpc) is 3.30. The lowest BCUT2D eigenvalue weighted by Gasteiger charge is -2.07. The van der Waals surface area contributed by atoms with Crippen molar-refractivity contribution in [3.8, 4) is 21.7 Å². The molecule has 0 atom stereocenters. The molecule has 0 saturated carbocycles. The molecule has 0 radical (unpaired) electrons. The van der Waals surface area contributed by atoms with Crippen molar-refractivity contribution < 1.29 is 0 Å². The van der Waals surface area contributed by atoms with Gasteiger partial charge in [-0.3, -0.25) is 4.79 Å². The summed E-state index contributed by atoms with van der Waals surface area (Å²) in [5, 5.41) is 3.61. The maximum Gasteiger partial charge on any atom is 0.268 e. The van der Waals surface area contributed by atoms with Crippen molar-refractivity contribution in [3.05, 3.63) is 69.5 Å². The molecule has 126 valence electrons. The van der Waals surface area contributed by atoms with E-state index in [9.17, 15) is 4.79 Å². The summed E-state index contributed by atoms with van der Waals surface area (Å²) in [7, 11) is 0. The van der Waals surface area contributed by atoms with Crippen LogP contribution in [0.5, 0.6) is 0 Å². The number of benzene rings is 1. The van der Waals surface area contributed by atoms with Gasteiger partial charge in [0.15, 0.2) is 0 Å². The van der Waals surface area contributed by atoms with Crippen molar-refractivity contribution in [2.75, 3.05) is 0 Å². The van der Waals surface area contributed by atoms with Gasteiger partial charge < -0.3 is 4.98 Å². The fraction of sp³-hybridized carbons (Fsp3) is 0. The van der Waals surface area contributed by atoms with E-state index in [-0.39, 0.29) is 5.56 Å². The number of H-pyrrole nitrogens is 1. The molecule has 0 aliphatic heterocycles. The minimum Gasteiger partial charge on any atom is -0.312 e. The van der Waals surface area contributed by atoms with Gasteiger partial charge in [-0.1, -0.05) is 29.8 Å². The molecular weight excluding hydrogens is 386 g/mol. The zero-order valence-electron chi connectivity index (χ0n) is 13.2. The number of thiophene rings is 2. The summed E-state index contributed by atoms with van der Waals surface area (Å²) in [6.07, 6.45) is 1.44. The van der Waals surface area contributed by atoms with Crippen LogP contribution in [0.1, 0.15) is 0 Å². The van der Waals surface area contributed by atoms with Gasteiger partial charge >= 0.3 is 0 Å². The van der Waals surface area contributed by atoms with Crippen LogP contribution in [-0.2, 0) is 0 Å². The van der Waals surface area contributed by atoms with Gasteiger partial charge in [0, 0.05) is 10.4 Å². The number of aromatic amines is 1. The molecule has 1 aromatic carbocycles. The van der Waals surface area contributed by atoms with Crippen molar-refractivity contribution in [3.63, 3.8) is 0 Å². The van der Waals surface area contributed by atoms with E-state index in [1.165, 1.54) is 17.7 Å². The number of halogens is 1. The van der Waals surface area contributed by atoms with Gasteiger partial charge in [0.25, 0.3) is 5.56 Å². The van der Waals surface area contributed by atoms with Gasteiger partial charge in [-0.2, -0.15) is 0 Å². The molecule has 0 bridgehead atoms. The highest BCUT2D eigenvalue weighted by Crippen LogP contribution is 2.39. The number of hydrogen-bond acceptors (Lipinski definition) is 5. The summed E-state index contributed by atoms with van der Waals surface area (Å²) in [4.78, 5) is 26.0. The van der Waals surface area contributed by atoms with E-state index < -0.39 is 0 Å². The number of nitrogens with zero attached hydrogens (tertiary/aromatic N) is 2. The van der Waals surface area contributed by atoms with Crippen LogP contribution < -0.4 is 5.56 Å². The third-order valence-electron chi connectivity index (χ3n) is 4.16. The van der Waals surface area contributed by atoms with Crippen molar-refractivity contribution in [2.24, 2.45) is 0 Å². The summed E-state index contributed by atoms with van der Waals surface area (Å²) >= 11 is 9.07. The van der Waals surface area contributed by atoms with Gasteiger partial charge in [-0.25, -0.2) is 9.97 Å². The monoisotopic (exact) mass is 395 g/mol. The highest BCUT2D eigenvalue weighted by molar-refractivity contribution is 7.25. The zero-order valence-corrected chi connectivity index (χ0v) is 15.6. The lowest BCUT2D eigenvalue weighted by atomic mass is 10.0. The summed E-state index contributed by atoms with van der Waals surface area (Å²) in [6, 6.07) is 13.8. The Labute approximate surface area is 160 Å². The molecule has 4 heterocycles. The van der Waals surface area contributed by atoms with Gasteiger partial charge in [0.2, 0.25) is 0 Å². The lowest BCUT2D eigenvalue weighted by molar-refractivity contribution is 1.18. The lowest BCUT2D eigenvalue weighted by Crippen LogP contribution is -2.03. The average molecular weight is 396 g/mol. The Hall–Kier alpha value is -2.54. The number of hydrogen-bond donors (Lipinski definition) is 1. The Bertz CT molecular complexity index is 1300. The molecule has 0 amide bonds. The highest BCUT2D eigenvalue weighted by Gasteiger charge is 2.17. The van der Waals surface area contributed by atoms with E-state index in [0.717, 1.165) is 31.9 Å². The van der Waals surface area contributed by atoms with E-state index in [1.54, 1.807) is 11.3 Å². The number of nitrogens with one attached hydrogen (secondary N) is 1. The molecule has 5 aromatic rings.